The molecule has 1 aromatic rings. The first-order valence-corrected chi connectivity index (χ1v) is 4.51. The van der Waals surface area contributed by atoms with Crippen LogP contribution in [0.15, 0.2) is 18.2 Å². The largest absolute Gasteiger partial charge is 0.395 e. The second kappa shape index (κ2) is 4.70. The van der Waals surface area contributed by atoms with Crippen molar-refractivity contribution in [2.45, 2.75) is 12.1 Å². The monoisotopic (exact) mass is 218 g/mol. The fourth-order valence-electron chi connectivity index (χ4n) is 1.11. The number of hydrogen-bond acceptors (Lipinski definition) is 3. The molecule has 0 aromatic heterocycles. The lowest BCUT2D eigenvalue weighted by Gasteiger charge is -2.18. The Balaban J connectivity index is 2.99. The van der Waals surface area contributed by atoms with Crippen molar-refractivity contribution in [1.29, 1.82) is 0 Å². The van der Waals surface area contributed by atoms with Crippen molar-refractivity contribution < 1.29 is 9.50 Å². The second-order valence-electron chi connectivity index (χ2n) is 3.04. The predicted octanol–water partition coefficient (Wildman–Crippen LogP) is 0.799. The predicted molar refractivity (Wildman–Crippen MR) is 53.4 cm³/mol. The van der Waals surface area contributed by atoms with Gasteiger partial charge < -0.3 is 16.6 Å². The quantitative estimate of drug-likeness (QED) is 0.703. The Morgan fingerprint density at radius 3 is 2.64 bits per heavy atom. The summed E-state index contributed by atoms with van der Waals surface area (Å²) in [5, 5.41) is 9.16. The maximum atomic E-state index is 13.2. The normalized spacial score (nSPS) is 15.2. The SMILES string of the molecule is NC(CO)C(N)c1cc(Cl)ccc1F. The summed E-state index contributed by atoms with van der Waals surface area (Å²) in [5.74, 6) is -0.467. The fourth-order valence-corrected chi connectivity index (χ4v) is 1.29. The summed E-state index contributed by atoms with van der Waals surface area (Å²) >= 11 is 5.68. The molecule has 2 atom stereocenters. The van der Waals surface area contributed by atoms with Crippen LogP contribution in [0.2, 0.25) is 5.02 Å². The molecule has 1 aromatic carbocycles. The highest BCUT2D eigenvalue weighted by Gasteiger charge is 2.18. The van der Waals surface area contributed by atoms with Gasteiger partial charge in [0.1, 0.15) is 5.82 Å². The minimum atomic E-state index is -0.751. The van der Waals surface area contributed by atoms with Crippen molar-refractivity contribution >= 4 is 11.6 Å². The molecule has 14 heavy (non-hydrogen) atoms. The van der Waals surface area contributed by atoms with Crippen molar-refractivity contribution in [3.05, 3.63) is 34.6 Å². The smallest absolute Gasteiger partial charge is 0.128 e. The highest BCUT2D eigenvalue weighted by molar-refractivity contribution is 6.30. The Morgan fingerprint density at radius 2 is 2.07 bits per heavy atom. The first-order chi connectivity index (χ1) is 6.56. The number of halogens is 2. The van der Waals surface area contributed by atoms with Crippen LogP contribution in [0.4, 0.5) is 4.39 Å². The molecule has 0 amide bonds. The maximum absolute atomic E-state index is 13.2. The Kier molecular flexibility index (Phi) is 3.83. The van der Waals surface area contributed by atoms with Crippen LogP contribution >= 0.6 is 11.6 Å². The third-order valence-corrected chi connectivity index (χ3v) is 2.22. The zero-order chi connectivity index (χ0) is 10.7. The average Bonchev–Trinajstić information content (AvgIpc) is 2.19. The molecule has 0 aliphatic heterocycles. The van der Waals surface area contributed by atoms with Crippen LogP contribution in [0.25, 0.3) is 0 Å². The van der Waals surface area contributed by atoms with Gasteiger partial charge in [0.15, 0.2) is 0 Å². The van der Waals surface area contributed by atoms with Gasteiger partial charge in [0, 0.05) is 16.6 Å². The molecular weight excluding hydrogens is 207 g/mol. The van der Waals surface area contributed by atoms with Gasteiger partial charge in [-0.1, -0.05) is 11.6 Å². The summed E-state index contributed by atoms with van der Waals surface area (Å²) in [4.78, 5) is 0. The van der Waals surface area contributed by atoms with Gasteiger partial charge >= 0.3 is 0 Å². The van der Waals surface area contributed by atoms with Crippen LogP contribution in [0.3, 0.4) is 0 Å². The molecular formula is C9H12ClFN2O. The summed E-state index contributed by atoms with van der Waals surface area (Å²) in [5.41, 5.74) is 11.3. The highest BCUT2D eigenvalue weighted by Crippen LogP contribution is 2.21. The third kappa shape index (κ3) is 2.42. The van der Waals surface area contributed by atoms with E-state index in [9.17, 15) is 4.39 Å². The molecule has 2 unspecified atom stereocenters. The molecule has 0 heterocycles. The summed E-state index contributed by atoms with van der Waals surface area (Å²) in [7, 11) is 0. The fraction of sp³-hybridized carbons (Fsp3) is 0.333. The number of benzene rings is 1. The van der Waals surface area contributed by atoms with Crippen molar-refractivity contribution in [1.82, 2.24) is 0 Å². The van der Waals surface area contributed by atoms with Crippen LogP contribution in [-0.4, -0.2) is 17.8 Å². The maximum Gasteiger partial charge on any atom is 0.128 e. The van der Waals surface area contributed by atoms with E-state index in [2.05, 4.69) is 0 Å². The van der Waals surface area contributed by atoms with Gasteiger partial charge in [-0.2, -0.15) is 0 Å². The zero-order valence-corrected chi connectivity index (χ0v) is 8.21. The Hall–Kier alpha value is -0.680. The first kappa shape index (κ1) is 11.4. The summed E-state index contributed by atoms with van der Waals surface area (Å²) in [6.07, 6.45) is 0. The van der Waals surface area contributed by atoms with Crippen LogP contribution in [0, 0.1) is 5.82 Å². The van der Waals surface area contributed by atoms with Crippen molar-refractivity contribution in [2.75, 3.05) is 6.61 Å². The summed E-state index contributed by atoms with van der Waals surface area (Å²) < 4.78 is 13.2. The minimum Gasteiger partial charge on any atom is -0.395 e. The standard InChI is InChI=1S/C9H12ClFN2O/c10-5-1-2-7(11)6(3-5)9(13)8(12)4-14/h1-3,8-9,14H,4,12-13H2. The van der Waals surface area contributed by atoms with Crippen molar-refractivity contribution in [3.63, 3.8) is 0 Å². The van der Waals surface area contributed by atoms with Gasteiger partial charge in [0.05, 0.1) is 12.6 Å². The molecule has 0 radical (unpaired) electrons. The van der Waals surface area contributed by atoms with E-state index in [0.717, 1.165) is 0 Å². The molecule has 78 valence electrons. The number of hydrogen-bond donors (Lipinski definition) is 3. The van der Waals surface area contributed by atoms with Crippen LogP contribution < -0.4 is 11.5 Å². The van der Waals surface area contributed by atoms with Crippen molar-refractivity contribution in [3.8, 4) is 0 Å². The number of aliphatic hydroxyl groups is 1. The Morgan fingerprint density at radius 1 is 1.43 bits per heavy atom. The van der Waals surface area contributed by atoms with E-state index in [4.69, 9.17) is 28.2 Å². The number of nitrogens with two attached hydrogens (primary N) is 2. The lowest BCUT2D eigenvalue weighted by atomic mass is 10.0. The summed E-state index contributed by atoms with van der Waals surface area (Å²) in [6, 6.07) is 2.62. The van der Waals surface area contributed by atoms with Gasteiger partial charge in [-0.05, 0) is 18.2 Å². The summed E-state index contributed by atoms with van der Waals surface area (Å²) in [6.45, 7) is -0.298. The molecule has 0 saturated heterocycles. The van der Waals surface area contributed by atoms with E-state index >= 15 is 0 Å². The molecule has 1 rings (SSSR count). The molecule has 0 saturated carbocycles. The van der Waals surface area contributed by atoms with Gasteiger partial charge in [0.2, 0.25) is 0 Å². The number of rotatable bonds is 3. The molecule has 0 fully saturated rings. The Labute approximate surface area is 86.5 Å². The van der Waals surface area contributed by atoms with E-state index in [-0.39, 0.29) is 12.2 Å². The molecule has 5 heteroatoms. The highest BCUT2D eigenvalue weighted by atomic mass is 35.5. The molecule has 0 spiro atoms. The van der Waals surface area contributed by atoms with Gasteiger partial charge in [0.25, 0.3) is 0 Å². The topological polar surface area (TPSA) is 72.3 Å². The minimum absolute atomic E-state index is 0.221. The van der Waals surface area contributed by atoms with Gasteiger partial charge in [-0.3, -0.25) is 0 Å². The Bertz CT molecular complexity index is 322. The van der Waals surface area contributed by atoms with Crippen LogP contribution in [0.1, 0.15) is 11.6 Å². The van der Waals surface area contributed by atoms with Crippen LogP contribution in [-0.2, 0) is 0 Å². The van der Waals surface area contributed by atoms with E-state index in [1.807, 2.05) is 0 Å². The number of aliphatic hydroxyl groups excluding tert-OH is 1. The van der Waals surface area contributed by atoms with E-state index in [0.29, 0.717) is 5.02 Å². The lowest BCUT2D eigenvalue weighted by molar-refractivity contribution is 0.248. The van der Waals surface area contributed by atoms with Crippen molar-refractivity contribution in [2.24, 2.45) is 11.5 Å². The van der Waals surface area contributed by atoms with Crippen LogP contribution in [0.5, 0.6) is 0 Å². The average molecular weight is 219 g/mol. The second-order valence-corrected chi connectivity index (χ2v) is 3.47. The van der Waals surface area contributed by atoms with E-state index in [1.165, 1.54) is 18.2 Å². The first-order valence-electron chi connectivity index (χ1n) is 4.13. The molecule has 0 bridgehead atoms. The molecule has 5 N–H and O–H groups in total. The lowest BCUT2D eigenvalue weighted by Crippen LogP contribution is -2.37. The van der Waals surface area contributed by atoms with E-state index < -0.39 is 17.9 Å². The van der Waals surface area contributed by atoms with Gasteiger partial charge in [-0.15, -0.1) is 0 Å². The molecule has 3 nitrogen and oxygen atoms in total. The molecule has 0 aliphatic rings. The molecule has 0 aliphatic carbocycles. The zero-order valence-electron chi connectivity index (χ0n) is 7.45. The third-order valence-electron chi connectivity index (χ3n) is 1.99. The van der Waals surface area contributed by atoms with E-state index in [1.54, 1.807) is 0 Å². The van der Waals surface area contributed by atoms with Gasteiger partial charge in [-0.25, -0.2) is 4.39 Å².